The first-order chi connectivity index (χ1) is 11.7. The van der Waals surface area contributed by atoms with Crippen LogP contribution in [0.2, 0.25) is 0 Å². The Morgan fingerprint density at radius 1 is 1.17 bits per heavy atom. The highest BCUT2D eigenvalue weighted by Crippen LogP contribution is 2.34. The van der Waals surface area contributed by atoms with Crippen molar-refractivity contribution in [3.63, 3.8) is 0 Å². The summed E-state index contributed by atoms with van der Waals surface area (Å²) in [4.78, 5) is 0.577. The van der Waals surface area contributed by atoms with E-state index in [4.69, 9.17) is 10.1 Å². The fraction of sp³-hybridized carbons (Fsp3) is 0.350. The highest BCUT2D eigenvalue weighted by atomic mass is 32.1. The lowest BCUT2D eigenvalue weighted by Gasteiger charge is -2.15. The van der Waals surface area contributed by atoms with Gasteiger partial charge in [0.05, 0.1) is 16.8 Å². The third-order valence-corrected chi connectivity index (χ3v) is 5.99. The minimum Gasteiger partial charge on any atom is -0.493 e. The summed E-state index contributed by atoms with van der Waals surface area (Å²) in [5.74, 6) is 1.68. The average Bonchev–Trinajstić information content (AvgIpc) is 3.22. The summed E-state index contributed by atoms with van der Waals surface area (Å²) < 4.78 is 9.24. The van der Waals surface area contributed by atoms with Gasteiger partial charge in [0.2, 0.25) is 0 Å². The number of aromatic nitrogens is 1. The van der Waals surface area contributed by atoms with Crippen molar-refractivity contribution in [1.82, 2.24) is 4.57 Å². The van der Waals surface area contributed by atoms with Crippen molar-refractivity contribution in [3.8, 4) is 16.9 Å². The molecule has 4 heteroatoms. The SMILES string of the molecule is Cn1c(=N)sc2cc(-c3ccccc3OCC3CCCC3)ccc21. The number of nitrogens with zero attached hydrogens (tertiary/aromatic N) is 1. The van der Waals surface area contributed by atoms with Crippen LogP contribution >= 0.6 is 11.3 Å². The van der Waals surface area contributed by atoms with Crippen molar-refractivity contribution < 1.29 is 4.74 Å². The van der Waals surface area contributed by atoms with Crippen molar-refractivity contribution in [2.75, 3.05) is 6.61 Å². The number of benzene rings is 2. The number of aryl methyl sites for hydroxylation is 1. The molecule has 0 amide bonds. The second-order valence-corrected chi connectivity index (χ2v) is 7.64. The van der Waals surface area contributed by atoms with E-state index in [9.17, 15) is 0 Å². The summed E-state index contributed by atoms with van der Waals surface area (Å²) >= 11 is 1.52. The van der Waals surface area contributed by atoms with Gasteiger partial charge in [-0.15, -0.1) is 0 Å². The van der Waals surface area contributed by atoms with E-state index in [1.54, 1.807) is 0 Å². The molecule has 1 saturated carbocycles. The molecule has 124 valence electrons. The first-order valence-corrected chi connectivity index (χ1v) is 9.40. The molecule has 1 N–H and O–H groups in total. The van der Waals surface area contributed by atoms with Crippen LogP contribution in [0.1, 0.15) is 25.7 Å². The summed E-state index contributed by atoms with van der Waals surface area (Å²) in [5, 5.41) is 7.98. The topological polar surface area (TPSA) is 38.0 Å². The van der Waals surface area contributed by atoms with Gasteiger partial charge in [-0.1, -0.05) is 48.4 Å². The lowest BCUT2D eigenvalue weighted by Crippen LogP contribution is -2.08. The quantitative estimate of drug-likeness (QED) is 0.718. The molecule has 4 rings (SSSR count). The summed E-state index contributed by atoms with van der Waals surface area (Å²) in [5.41, 5.74) is 3.41. The van der Waals surface area contributed by atoms with Crippen LogP contribution in [0.4, 0.5) is 0 Å². The number of nitrogens with one attached hydrogen (secondary N) is 1. The van der Waals surface area contributed by atoms with Crippen molar-refractivity contribution in [2.24, 2.45) is 13.0 Å². The van der Waals surface area contributed by atoms with E-state index in [-0.39, 0.29) is 0 Å². The van der Waals surface area contributed by atoms with Gasteiger partial charge in [-0.05, 0) is 42.5 Å². The van der Waals surface area contributed by atoms with E-state index in [2.05, 4.69) is 36.4 Å². The van der Waals surface area contributed by atoms with Crippen molar-refractivity contribution in [2.45, 2.75) is 25.7 Å². The molecular weight excluding hydrogens is 316 g/mol. The lowest BCUT2D eigenvalue weighted by atomic mass is 10.0. The van der Waals surface area contributed by atoms with Gasteiger partial charge in [-0.2, -0.15) is 0 Å². The molecule has 24 heavy (non-hydrogen) atoms. The number of hydrogen-bond donors (Lipinski definition) is 1. The molecule has 0 bridgehead atoms. The van der Waals surface area contributed by atoms with Crippen molar-refractivity contribution in [3.05, 3.63) is 47.3 Å². The first-order valence-electron chi connectivity index (χ1n) is 8.59. The smallest absolute Gasteiger partial charge is 0.182 e. The number of thiazole rings is 1. The average molecular weight is 338 g/mol. The van der Waals surface area contributed by atoms with Crippen LogP contribution in [0.15, 0.2) is 42.5 Å². The Morgan fingerprint density at radius 3 is 2.79 bits per heavy atom. The first kappa shape index (κ1) is 15.5. The Morgan fingerprint density at radius 2 is 1.96 bits per heavy atom. The van der Waals surface area contributed by atoms with Crippen LogP contribution in [0, 0.1) is 11.3 Å². The van der Waals surface area contributed by atoms with Gasteiger partial charge in [0.25, 0.3) is 0 Å². The number of fused-ring (bicyclic) bond motifs is 1. The predicted octanol–water partition coefficient (Wildman–Crippen LogP) is 4.96. The van der Waals surface area contributed by atoms with Crippen LogP contribution in [-0.4, -0.2) is 11.2 Å². The van der Waals surface area contributed by atoms with Gasteiger partial charge in [-0.25, -0.2) is 0 Å². The van der Waals surface area contributed by atoms with E-state index >= 15 is 0 Å². The third-order valence-electron chi connectivity index (χ3n) is 4.98. The number of hydrogen-bond acceptors (Lipinski definition) is 3. The van der Waals surface area contributed by atoms with Gasteiger partial charge < -0.3 is 9.30 Å². The largest absolute Gasteiger partial charge is 0.493 e. The maximum atomic E-state index is 7.98. The molecule has 0 aliphatic heterocycles. The van der Waals surface area contributed by atoms with Crippen LogP contribution in [0.25, 0.3) is 21.3 Å². The summed E-state index contributed by atoms with van der Waals surface area (Å²) in [6.07, 6.45) is 5.28. The summed E-state index contributed by atoms with van der Waals surface area (Å²) in [6.45, 7) is 0.823. The van der Waals surface area contributed by atoms with Gasteiger partial charge in [0.15, 0.2) is 4.80 Å². The normalized spacial score (nSPS) is 15.2. The van der Waals surface area contributed by atoms with Crippen molar-refractivity contribution >= 4 is 21.6 Å². The molecule has 3 nitrogen and oxygen atoms in total. The molecule has 1 aliphatic rings. The summed E-state index contributed by atoms with van der Waals surface area (Å²) in [6, 6.07) is 14.7. The van der Waals surface area contributed by atoms with E-state index in [1.165, 1.54) is 37.0 Å². The number of rotatable bonds is 4. The molecule has 1 heterocycles. The predicted molar refractivity (Wildman–Crippen MR) is 99.5 cm³/mol. The van der Waals surface area contributed by atoms with Gasteiger partial charge in [-0.3, -0.25) is 5.41 Å². The Bertz CT molecular complexity index is 919. The highest BCUT2D eigenvalue weighted by molar-refractivity contribution is 7.16. The monoisotopic (exact) mass is 338 g/mol. The molecule has 1 aromatic heterocycles. The van der Waals surface area contributed by atoms with Gasteiger partial charge >= 0.3 is 0 Å². The van der Waals surface area contributed by atoms with Crippen LogP contribution in [0.5, 0.6) is 5.75 Å². The van der Waals surface area contributed by atoms with E-state index in [0.29, 0.717) is 10.7 Å². The summed E-state index contributed by atoms with van der Waals surface area (Å²) in [7, 11) is 1.94. The van der Waals surface area contributed by atoms with Crippen LogP contribution in [0.3, 0.4) is 0 Å². The Labute approximate surface area is 146 Å². The van der Waals surface area contributed by atoms with Gasteiger partial charge in [0.1, 0.15) is 5.75 Å². The maximum Gasteiger partial charge on any atom is 0.182 e. The Balaban J connectivity index is 1.67. The zero-order chi connectivity index (χ0) is 16.5. The van der Waals surface area contributed by atoms with Gasteiger partial charge in [0, 0.05) is 12.6 Å². The molecule has 0 spiro atoms. The molecule has 0 atom stereocenters. The zero-order valence-corrected chi connectivity index (χ0v) is 14.7. The molecule has 0 saturated heterocycles. The highest BCUT2D eigenvalue weighted by Gasteiger charge is 2.16. The minimum absolute atomic E-state index is 0.577. The zero-order valence-electron chi connectivity index (χ0n) is 13.9. The Hall–Kier alpha value is -2.07. The second-order valence-electron chi connectivity index (χ2n) is 6.61. The van der Waals surface area contributed by atoms with Crippen LogP contribution < -0.4 is 9.54 Å². The lowest BCUT2D eigenvalue weighted by molar-refractivity contribution is 0.253. The molecule has 3 aromatic rings. The number of para-hydroxylation sites is 1. The standard InChI is InChI=1S/C20H22N2OS/c1-22-17-11-10-15(12-19(17)24-20(22)21)16-8-4-5-9-18(16)23-13-14-6-2-3-7-14/h4-5,8-12,14,21H,2-3,6-7,13H2,1H3. The molecule has 2 aromatic carbocycles. The Kier molecular flexibility index (Phi) is 4.15. The van der Waals surface area contributed by atoms with E-state index in [0.717, 1.165) is 33.7 Å². The van der Waals surface area contributed by atoms with Crippen molar-refractivity contribution in [1.29, 1.82) is 5.41 Å². The molecule has 0 radical (unpaired) electrons. The molecule has 1 fully saturated rings. The van der Waals surface area contributed by atoms with E-state index < -0.39 is 0 Å². The molecular formula is C20H22N2OS. The fourth-order valence-corrected chi connectivity index (χ4v) is 4.48. The molecule has 1 aliphatic carbocycles. The van der Waals surface area contributed by atoms with E-state index in [1.807, 2.05) is 17.7 Å². The second kappa shape index (κ2) is 6.44. The molecule has 0 unspecified atom stereocenters. The van der Waals surface area contributed by atoms with Crippen LogP contribution in [-0.2, 0) is 7.05 Å². The minimum atomic E-state index is 0.577. The fourth-order valence-electron chi connectivity index (χ4n) is 3.54. The number of ether oxygens (including phenoxy) is 1. The maximum absolute atomic E-state index is 7.98. The third kappa shape index (κ3) is 2.86.